The first-order valence-corrected chi connectivity index (χ1v) is 10.4. The van der Waals surface area contributed by atoms with E-state index in [2.05, 4.69) is 0 Å². The summed E-state index contributed by atoms with van der Waals surface area (Å²) in [4.78, 5) is 0. The Bertz CT molecular complexity index is 447. The Kier molecular flexibility index (Phi) is 5.58. The molecule has 1 saturated heterocycles. The molecular formula is C8H16ClNO4S3. The maximum Gasteiger partial charge on any atom is 0.215 e. The van der Waals surface area contributed by atoms with Crippen molar-refractivity contribution in [1.29, 1.82) is 0 Å². The highest BCUT2D eigenvalue weighted by atomic mass is 35.5. The number of thioether (sulfide) groups is 1. The topological polar surface area (TPSA) is 71.5 Å². The molecule has 1 aliphatic heterocycles. The average molecular weight is 322 g/mol. The molecule has 1 unspecified atom stereocenters. The van der Waals surface area contributed by atoms with E-state index in [1.54, 1.807) is 0 Å². The zero-order valence-electron chi connectivity index (χ0n) is 9.50. The van der Waals surface area contributed by atoms with E-state index in [9.17, 15) is 16.8 Å². The third kappa shape index (κ3) is 4.27. The second kappa shape index (κ2) is 6.10. The molecule has 17 heavy (non-hydrogen) atoms. The van der Waals surface area contributed by atoms with Crippen LogP contribution in [0.25, 0.3) is 0 Å². The van der Waals surface area contributed by atoms with Crippen LogP contribution < -0.4 is 0 Å². The molecule has 1 atom stereocenters. The minimum Gasteiger partial charge on any atom is -0.227 e. The van der Waals surface area contributed by atoms with Crippen molar-refractivity contribution in [2.45, 2.75) is 11.8 Å². The van der Waals surface area contributed by atoms with Gasteiger partial charge in [0.25, 0.3) is 0 Å². The molecule has 0 radical (unpaired) electrons. The van der Waals surface area contributed by atoms with Crippen molar-refractivity contribution in [3.05, 3.63) is 0 Å². The molecular weight excluding hydrogens is 306 g/mol. The predicted molar refractivity (Wildman–Crippen MR) is 71.8 cm³/mol. The molecule has 0 aromatic carbocycles. The lowest BCUT2D eigenvalue weighted by Crippen LogP contribution is -2.50. The van der Waals surface area contributed by atoms with Gasteiger partial charge in [-0.05, 0) is 6.42 Å². The molecule has 1 rings (SSSR count). The van der Waals surface area contributed by atoms with Gasteiger partial charge in [-0.15, -0.1) is 11.6 Å². The summed E-state index contributed by atoms with van der Waals surface area (Å²) >= 11 is 6.93. The van der Waals surface area contributed by atoms with Gasteiger partial charge < -0.3 is 0 Å². The Hall–Kier alpha value is 0.500. The third-order valence-electron chi connectivity index (χ3n) is 2.43. The van der Waals surface area contributed by atoms with E-state index in [1.807, 2.05) is 0 Å². The van der Waals surface area contributed by atoms with Crippen molar-refractivity contribution in [3.8, 4) is 0 Å². The second-order valence-corrected chi connectivity index (χ2v) is 9.60. The molecule has 102 valence electrons. The van der Waals surface area contributed by atoms with Crippen LogP contribution >= 0.6 is 23.4 Å². The normalized spacial score (nSPS) is 23.8. The SMILES string of the molecule is CS(=O)(=O)C1CSCCN1S(=O)(=O)CCCCl. The Labute approximate surface area is 112 Å². The summed E-state index contributed by atoms with van der Waals surface area (Å²) in [5.41, 5.74) is 0. The first-order chi connectivity index (χ1) is 7.79. The van der Waals surface area contributed by atoms with Crippen LogP contribution in [0, 0.1) is 0 Å². The molecule has 0 amide bonds. The fraction of sp³-hybridized carbons (Fsp3) is 1.00. The van der Waals surface area contributed by atoms with Crippen LogP contribution in [0.4, 0.5) is 0 Å². The van der Waals surface area contributed by atoms with Crippen molar-refractivity contribution in [2.24, 2.45) is 0 Å². The van der Waals surface area contributed by atoms with Crippen LogP contribution in [0.3, 0.4) is 0 Å². The van der Waals surface area contributed by atoms with Crippen LogP contribution in [-0.4, -0.2) is 62.5 Å². The van der Waals surface area contributed by atoms with E-state index >= 15 is 0 Å². The molecule has 0 aromatic rings. The van der Waals surface area contributed by atoms with Gasteiger partial charge >= 0.3 is 0 Å². The first-order valence-electron chi connectivity index (χ1n) is 5.11. The van der Waals surface area contributed by atoms with Gasteiger partial charge in [0.1, 0.15) is 5.37 Å². The molecule has 9 heteroatoms. The van der Waals surface area contributed by atoms with Crippen molar-refractivity contribution >= 4 is 43.2 Å². The lowest BCUT2D eigenvalue weighted by Gasteiger charge is -2.32. The molecule has 0 N–H and O–H groups in total. The van der Waals surface area contributed by atoms with Crippen LogP contribution in [-0.2, 0) is 19.9 Å². The van der Waals surface area contributed by atoms with Crippen molar-refractivity contribution in [2.75, 3.05) is 35.9 Å². The summed E-state index contributed by atoms with van der Waals surface area (Å²) < 4.78 is 48.3. The summed E-state index contributed by atoms with van der Waals surface area (Å²) in [5.74, 6) is 1.10. The highest BCUT2D eigenvalue weighted by Crippen LogP contribution is 2.23. The van der Waals surface area contributed by atoms with Gasteiger partial charge in [-0.2, -0.15) is 16.1 Å². The van der Waals surface area contributed by atoms with Gasteiger partial charge in [-0.25, -0.2) is 16.8 Å². The molecule has 5 nitrogen and oxygen atoms in total. The Morgan fingerprint density at radius 2 is 2.00 bits per heavy atom. The zero-order valence-corrected chi connectivity index (χ0v) is 12.7. The van der Waals surface area contributed by atoms with Gasteiger partial charge in [-0.1, -0.05) is 0 Å². The van der Waals surface area contributed by atoms with Gasteiger partial charge in [0, 0.05) is 30.2 Å². The molecule has 0 saturated carbocycles. The molecule has 0 bridgehead atoms. The van der Waals surface area contributed by atoms with Gasteiger partial charge in [-0.3, -0.25) is 0 Å². The van der Waals surface area contributed by atoms with E-state index < -0.39 is 25.2 Å². The molecule has 1 heterocycles. The highest BCUT2D eigenvalue weighted by molar-refractivity contribution is 8.01. The van der Waals surface area contributed by atoms with E-state index in [1.165, 1.54) is 11.8 Å². The van der Waals surface area contributed by atoms with Crippen molar-refractivity contribution in [3.63, 3.8) is 0 Å². The number of sulfonamides is 1. The molecule has 0 spiro atoms. The number of hydrogen-bond donors (Lipinski definition) is 0. The Morgan fingerprint density at radius 3 is 2.53 bits per heavy atom. The smallest absolute Gasteiger partial charge is 0.215 e. The van der Waals surface area contributed by atoms with E-state index in [0.29, 0.717) is 17.9 Å². The summed E-state index contributed by atoms with van der Waals surface area (Å²) in [7, 11) is -6.91. The Morgan fingerprint density at radius 1 is 1.35 bits per heavy atom. The first kappa shape index (κ1) is 15.6. The largest absolute Gasteiger partial charge is 0.227 e. The van der Waals surface area contributed by atoms with Gasteiger partial charge in [0.05, 0.1) is 5.75 Å². The summed E-state index contributed by atoms with van der Waals surface area (Å²) in [6.07, 6.45) is 1.41. The van der Waals surface area contributed by atoms with Gasteiger partial charge in [0.15, 0.2) is 9.84 Å². The number of halogens is 1. The van der Waals surface area contributed by atoms with Crippen LogP contribution in [0.2, 0.25) is 0 Å². The quantitative estimate of drug-likeness (QED) is 0.684. The third-order valence-corrected chi connectivity index (χ3v) is 7.43. The van der Waals surface area contributed by atoms with Crippen LogP contribution in [0.1, 0.15) is 6.42 Å². The Balaban J connectivity index is 2.92. The fourth-order valence-corrected chi connectivity index (χ4v) is 7.17. The van der Waals surface area contributed by atoms with Crippen LogP contribution in [0.15, 0.2) is 0 Å². The molecule has 1 aliphatic rings. The van der Waals surface area contributed by atoms with E-state index in [-0.39, 0.29) is 18.2 Å². The summed E-state index contributed by atoms with van der Waals surface area (Å²) in [6.45, 7) is 0.257. The van der Waals surface area contributed by atoms with E-state index in [4.69, 9.17) is 11.6 Å². The minimum atomic E-state index is -3.52. The molecule has 0 aromatic heterocycles. The number of rotatable bonds is 5. The van der Waals surface area contributed by atoms with Gasteiger partial charge in [0.2, 0.25) is 10.0 Å². The maximum atomic E-state index is 12.0. The van der Waals surface area contributed by atoms with Crippen molar-refractivity contribution < 1.29 is 16.8 Å². The predicted octanol–water partition coefficient (Wildman–Crippen LogP) is 0.365. The lowest BCUT2D eigenvalue weighted by molar-refractivity contribution is 0.404. The fourth-order valence-electron chi connectivity index (χ4n) is 1.58. The number of alkyl halides is 1. The standard InChI is InChI=1S/C8H16ClNO4S3/c1-16(11,12)8-7-15-5-4-10(8)17(13,14)6-2-3-9/h8H,2-7H2,1H3. The second-order valence-electron chi connectivity index (χ2n) is 3.83. The molecule has 0 aliphatic carbocycles. The van der Waals surface area contributed by atoms with E-state index in [0.717, 1.165) is 10.6 Å². The number of hydrogen-bond acceptors (Lipinski definition) is 5. The maximum absolute atomic E-state index is 12.0. The average Bonchev–Trinajstić information content (AvgIpc) is 2.25. The monoisotopic (exact) mass is 321 g/mol. The highest BCUT2D eigenvalue weighted by Gasteiger charge is 2.37. The van der Waals surface area contributed by atoms with Crippen LogP contribution in [0.5, 0.6) is 0 Å². The summed E-state index contributed by atoms with van der Waals surface area (Å²) in [6, 6.07) is 0. The lowest BCUT2D eigenvalue weighted by atomic mass is 10.6. The number of sulfone groups is 1. The minimum absolute atomic E-state index is 0.0901. The summed E-state index contributed by atoms with van der Waals surface area (Å²) in [5, 5.41) is -0.929. The van der Waals surface area contributed by atoms with Crippen molar-refractivity contribution in [1.82, 2.24) is 4.31 Å². The molecule has 1 fully saturated rings. The number of nitrogens with zero attached hydrogens (tertiary/aromatic N) is 1. The zero-order chi connectivity index (χ0) is 13.1.